The number of nitrogens with zero attached hydrogens (tertiary/aromatic N) is 1. The normalized spacial score (nSPS) is 15.3. The molecule has 0 radical (unpaired) electrons. The molecule has 9 heteroatoms. The number of esters is 1. The van der Waals surface area contributed by atoms with E-state index in [0.29, 0.717) is 0 Å². The van der Waals surface area contributed by atoms with Crippen LogP contribution >= 0.6 is 0 Å². The van der Waals surface area contributed by atoms with Gasteiger partial charge in [0.2, 0.25) is 11.8 Å². The Morgan fingerprint density at radius 2 is 1.34 bits per heavy atom. The number of carbonyl (C=O) groups excluding carboxylic acids is 5. The smallest absolute Gasteiger partial charge is 0.328 e. The Bertz CT molecular complexity index is 1100. The molecule has 1 aliphatic heterocycles. The molecule has 0 aromatic heterocycles. The van der Waals surface area contributed by atoms with Crippen molar-refractivity contribution in [3.8, 4) is 0 Å². The van der Waals surface area contributed by atoms with Crippen LogP contribution in [-0.2, 0) is 25.7 Å². The molecule has 0 spiro atoms. The summed E-state index contributed by atoms with van der Waals surface area (Å²) in [5.41, 5.74) is 1.28. The van der Waals surface area contributed by atoms with Gasteiger partial charge in [0.05, 0.1) is 11.1 Å². The minimum absolute atomic E-state index is 0.0715. The molecule has 4 amide bonds. The maximum absolute atomic E-state index is 12.9. The van der Waals surface area contributed by atoms with Crippen molar-refractivity contribution in [3.63, 3.8) is 0 Å². The Morgan fingerprint density at radius 3 is 1.89 bits per heavy atom. The molecule has 1 heterocycles. The zero-order chi connectivity index (χ0) is 25.7. The van der Waals surface area contributed by atoms with Crippen molar-refractivity contribution >= 4 is 29.6 Å². The van der Waals surface area contributed by atoms with Crippen molar-refractivity contribution in [2.24, 2.45) is 5.92 Å². The molecule has 0 bridgehead atoms. The summed E-state index contributed by atoms with van der Waals surface area (Å²) < 4.78 is 5.25. The van der Waals surface area contributed by atoms with Crippen LogP contribution in [0.5, 0.6) is 0 Å². The van der Waals surface area contributed by atoms with E-state index in [4.69, 9.17) is 4.74 Å². The van der Waals surface area contributed by atoms with Crippen LogP contribution in [0.1, 0.15) is 54.0 Å². The van der Waals surface area contributed by atoms with Gasteiger partial charge < -0.3 is 15.4 Å². The van der Waals surface area contributed by atoms with E-state index in [0.717, 1.165) is 10.5 Å². The fraction of sp³-hybridized carbons (Fsp3) is 0.346. The van der Waals surface area contributed by atoms with Gasteiger partial charge in [0, 0.05) is 0 Å². The monoisotopic (exact) mass is 479 g/mol. The van der Waals surface area contributed by atoms with Crippen molar-refractivity contribution in [1.82, 2.24) is 15.5 Å². The minimum atomic E-state index is -1.13. The molecule has 1 aliphatic rings. The van der Waals surface area contributed by atoms with Gasteiger partial charge in [0.25, 0.3) is 11.8 Å². The minimum Gasteiger partial charge on any atom is -0.459 e. The van der Waals surface area contributed by atoms with Crippen molar-refractivity contribution < 1.29 is 28.7 Å². The lowest BCUT2D eigenvalue weighted by molar-refractivity contribution is -0.149. The number of benzene rings is 2. The summed E-state index contributed by atoms with van der Waals surface area (Å²) >= 11 is 0. The number of carbonyl (C=O) groups is 5. The molecule has 0 fully saturated rings. The Balaban J connectivity index is 1.60. The van der Waals surface area contributed by atoms with E-state index >= 15 is 0 Å². The summed E-state index contributed by atoms with van der Waals surface area (Å²) in [4.78, 5) is 64.4. The quantitative estimate of drug-likeness (QED) is 0.419. The third-order valence-electron chi connectivity index (χ3n) is 5.78. The molecule has 9 nitrogen and oxygen atoms in total. The van der Waals surface area contributed by atoms with Crippen LogP contribution in [0.4, 0.5) is 0 Å². The maximum atomic E-state index is 12.9. The maximum Gasteiger partial charge on any atom is 0.328 e. The third-order valence-corrected chi connectivity index (χ3v) is 5.78. The van der Waals surface area contributed by atoms with E-state index in [1.54, 1.807) is 26.0 Å². The van der Waals surface area contributed by atoms with E-state index < -0.39 is 47.7 Å². The molecule has 0 saturated carbocycles. The van der Waals surface area contributed by atoms with Gasteiger partial charge in [-0.2, -0.15) is 0 Å². The van der Waals surface area contributed by atoms with Gasteiger partial charge in [0.15, 0.2) is 0 Å². The number of hydrogen-bond donors (Lipinski definition) is 2. The first-order chi connectivity index (χ1) is 16.6. The Labute approximate surface area is 203 Å². The lowest BCUT2D eigenvalue weighted by atomic mass is 10.0. The fourth-order valence-corrected chi connectivity index (χ4v) is 3.70. The van der Waals surface area contributed by atoms with Gasteiger partial charge in [0.1, 0.15) is 24.7 Å². The van der Waals surface area contributed by atoms with Gasteiger partial charge in [-0.25, -0.2) is 4.79 Å². The van der Waals surface area contributed by atoms with E-state index in [1.807, 2.05) is 30.3 Å². The number of rotatable bonds is 9. The number of ether oxygens (including phenoxy) is 1. The summed E-state index contributed by atoms with van der Waals surface area (Å²) in [6.45, 7) is 6.45. The lowest BCUT2D eigenvalue weighted by Crippen LogP contribution is -2.57. The Morgan fingerprint density at radius 1 is 0.800 bits per heavy atom. The Kier molecular flexibility index (Phi) is 8.01. The molecule has 2 aromatic rings. The van der Waals surface area contributed by atoms with Crippen molar-refractivity contribution in [1.29, 1.82) is 0 Å². The molecule has 0 aliphatic carbocycles. The highest BCUT2D eigenvalue weighted by Gasteiger charge is 2.41. The van der Waals surface area contributed by atoms with Crippen LogP contribution in [-0.4, -0.2) is 52.6 Å². The average Bonchev–Trinajstić information content (AvgIpc) is 3.10. The SMILES string of the molecule is CC(C)[C@H](NC(=O)[C@H](C)N1C(=O)c2ccccc2C1=O)C(=O)N[C@@H](C)C(=O)OCc1ccccc1. The molecule has 3 rings (SSSR count). The molecular weight excluding hydrogens is 450 g/mol. The summed E-state index contributed by atoms with van der Waals surface area (Å²) in [7, 11) is 0. The van der Waals surface area contributed by atoms with Gasteiger partial charge in [-0.1, -0.05) is 56.3 Å². The second-order valence-electron chi connectivity index (χ2n) is 8.76. The van der Waals surface area contributed by atoms with Crippen molar-refractivity contribution in [2.75, 3.05) is 0 Å². The Hall–Kier alpha value is -4.01. The topological polar surface area (TPSA) is 122 Å². The molecule has 35 heavy (non-hydrogen) atoms. The van der Waals surface area contributed by atoms with Gasteiger partial charge in [-0.05, 0) is 37.5 Å². The third kappa shape index (κ3) is 5.74. The second-order valence-corrected chi connectivity index (χ2v) is 8.76. The standard InChI is InChI=1S/C26H29N3O6/c1-15(2)21(23(31)27-16(3)26(34)35-14-18-10-6-5-7-11-18)28-22(30)17(4)29-24(32)19-12-8-9-13-20(19)25(29)33/h5-13,15-17,21H,14H2,1-4H3,(H,27,31)(H,28,30)/t16-,17-,21-/m0/s1. The summed E-state index contributed by atoms with van der Waals surface area (Å²) in [5.74, 6) is -3.31. The van der Waals surface area contributed by atoms with Crippen LogP contribution in [0.3, 0.4) is 0 Å². The van der Waals surface area contributed by atoms with E-state index in [-0.39, 0.29) is 23.7 Å². The molecule has 2 aromatic carbocycles. The first kappa shape index (κ1) is 25.6. The molecule has 2 N–H and O–H groups in total. The first-order valence-corrected chi connectivity index (χ1v) is 11.4. The number of hydrogen-bond acceptors (Lipinski definition) is 6. The van der Waals surface area contributed by atoms with E-state index in [2.05, 4.69) is 10.6 Å². The average molecular weight is 480 g/mol. The summed E-state index contributed by atoms with van der Waals surface area (Å²) in [5, 5.41) is 5.18. The highest BCUT2D eigenvalue weighted by atomic mass is 16.5. The van der Waals surface area contributed by atoms with Crippen LogP contribution in [0, 0.1) is 5.92 Å². The highest BCUT2D eigenvalue weighted by molar-refractivity contribution is 6.22. The lowest BCUT2D eigenvalue weighted by Gasteiger charge is -2.27. The summed E-state index contributed by atoms with van der Waals surface area (Å²) in [6.07, 6.45) is 0. The van der Waals surface area contributed by atoms with Crippen LogP contribution < -0.4 is 10.6 Å². The second kappa shape index (κ2) is 10.9. The molecule has 0 saturated heterocycles. The highest BCUT2D eigenvalue weighted by Crippen LogP contribution is 2.24. The zero-order valence-corrected chi connectivity index (χ0v) is 20.1. The van der Waals surface area contributed by atoms with Crippen LogP contribution in [0.25, 0.3) is 0 Å². The van der Waals surface area contributed by atoms with Gasteiger partial charge in [-0.15, -0.1) is 0 Å². The largest absolute Gasteiger partial charge is 0.459 e. The zero-order valence-electron chi connectivity index (χ0n) is 20.1. The number of imide groups is 1. The van der Waals surface area contributed by atoms with Crippen LogP contribution in [0.2, 0.25) is 0 Å². The van der Waals surface area contributed by atoms with Crippen molar-refractivity contribution in [2.45, 2.75) is 52.4 Å². The molecule has 184 valence electrons. The van der Waals surface area contributed by atoms with E-state index in [9.17, 15) is 24.0 Å². The number of fused-ring (bicyclic) bond motifs is 1. The van der Waals surface area contributed by atoms with Crippen LogP contribution in [0.15, 0.2) is 54.6 Å². The molecular formula is C26H29N3O6. The van der Waals surface area contributed by atoms with E-state index in [1.165, 1.54) is 26.0 Å². The first-order valence-electron chi connectivity index (χ1n) is 11.4. The fourth-order valence-electron chi connectivity index (χ4n) is 3.70. The predicted molar refractivity (Wildman–Crippen MR) is 127 cm³/mol. The summed E-state index contributed by atoms with van der Waals surface area (Å²) in [6, 6.07) is 12.4. The number of amides is 4. The van der Waals surface area contributed by atoms with Gasteiger partial charge in [-0.3, -0.25) is 24.1 Å². The predicted octanol–water partition coefficient (Wildman–Crippen LogP) is 2.06. The molecule has 3 atom stereocenters. The number of nitrogens with one attached hydrogen (secondary N) is 2. The van der Waals surface area contributed by atoms with Gasteiger partial charge >= 0.3 is 5.97 Å². The molecule has 0 unspecified atom stereocenters. The van der Waals surface area contributed by atoms with Crippen molar-refractivity contribution in [3.05, 3.63) is 71.3 Å².